The van der Waals surface area contributed by atoms with E-state index >= 15 is 0 Å². The lowest BCUT2D eigenvalue weighted by Gasteiger charge is -2.34. The van der Waals surface area contributed by atoms with Gasteiger partial charge in [0.2, 0.25) is 0 Å². The van der Waals surface area contributed by atoms with Crippen LogP contribution in [0.4, 0.5) is 102 Å². The van der Waals surface area contributed by atoms with E-state index in [-0.39, 0.29) is 48.7 Å². The number of benzene rings is 16. The number of hydrogen-bond donors (Lipinski definition) is 0. The normalized spacial score (nSPS) is 12.5. The molecule has 0 spiro atoms. The van der Waals surface area contributed by atoms with Crippen molar-refractivity contribution in [3.05, 3.63) is 428 Å². The quantitative estimate of drug-likeness (QED) is 0.0709. The van der Waals surface area contributed by atoms with Crippen LogP contribution in [0.3, 0.4) is 0 Å². The standard InChI is InChI=1S/C135H147Cl3N6/c1-88-79-118(139(103-61-43-94(44-62-103)127(4,5)6)104-63-45-95(46-64-104)128(7,8)9)124(136)121(82-88)142(109-73-55-100(56-74-109)133(22,23)24)115-40-34-31-37-112(115)91-85-92(113-38-32-35-41-116(113)143(110-75-57-101(58-76-110)134(25,26)27)122-83-89(2)80-119(125(122)137)140(105-65-47-96(48-66-105)129(10,11)12)106-67-49-97(50-68-106)130(13,14)15)87-93(86-91)114-39-33-36-42-117(114)144(111-77-59-102(60-78-111)135(28,29)30)123-84-90(3)81-120(126(123)138)141(107-69-51-98(52-70-107)131(16,17)18)108-71-53-99(54-72-108)132(19,20)21/h31-87H,1-30H3. The molecule has 0 aliphatic heterocycles. The van der Waals surface area contributed by atoms with E-state index in [1.54, 1.807) is 0 Å². The third-order valence-corrected chi connectivity index (χ3v) is 29.4. The number of anilines is 18. The van der Waals surface area contributed by atoms with Crippen LogP contribution in [0.1, 0.15) is 254 Å². The summed E-state index contributed by atoms with van der Waals surface area (Å²) in [5, 5.41) is 1.73. The fourth-order valence-corrected chi connectivity index (χ4v) is 20.3. The van der Waals surface area contributed by atoms with Gasteiger partial charge in [-0.05, 0) is 335 Å². The molecule has 6 nitrogen and oxygen atoms in total. The van der Waals surface area contributed by atoms with E-state index in [2.05, 4.69) is 583 Å². The molecule has 0 saturated heterocycles. The summed E-state index contributed by atoms with van der Waals surface area (Å²) < 4.78 is 0. The summed E-state index contributed by atoms with van der Waals surface area (Å²) in [4.78, 5) is 14.2. The molecule has 0 radical (unpaired) electrons. The minimum Gasteiger partial charge on any atom is -0.309 e. The van der Waals surface area contributed by atoms with Crippen LogP contribution in [0.2, 0.25) is 15.1 Å². The van der Waals surface area contributed by atoms with Crippen LogP contribution < -0.4 is 29.4 Å². The Kier molecular flexibility index (Phi) is 28.9. The number of rotatable bonds is 21. The van der Waals surface area contributed by atoms with Gasteiger partial charge >= 0.3 is 0 Å². The zero-order valence-corrected chi connectivity index (χ0v) is 93.0. The summed E-state index contributed by atoms with van der Waals surface area (Å²) in [5.41, 5.74) is 35.4. The predicted molar refractivity (Wildman–Crippen MR) is 628 cm³/mol. The van der Waals surface area contributed by atoms with Crippen LogP contribution in [0.15, 0.2) is 346 Å². The Balaban J connectivity index is 0.994. The van der Waals surface area contributed by atoms with E-state index in [9.17, 15) is 0 Å². The highest BCUT2D eigenvalue weighted by molar-refractivity contribution is 6.38. The van der Waals surface area contributed by atoms with E-state index < -0.39 is 0 Å². The number of para-hydroxylation sites is 3. The lowest BCUT2D eigenvalue weighted by atomic mass is 9.86. The second-order valence-corrected chi connectivity index (χ2v) is 50.0. The van der Waals surface area contributed by atoms with Gasteiger partial charge in [0.25, 0.3) is 0 Å². The molecule has 0 aromatic heterocycles. The molecule has 0 aliphatic carbocycles. The van der Waals surface area contributed by atoms with Crippen molar-refractivity contribution < 1.29 is 0 Å². The second kappa shape index (κ2) is 40.0. The van der Waals surface area contributed by atoms with Gasteiger partial charge in [0.1, 0.15) is 0 Å². The summed E-state index contributed by atoms with van der Waals surface area (Å²) in [6, 6.07) is 129. The molecular formula is C135H147Cl3N6. The molecule has 0 amide bonds. The molecular weight excluding hydrogens is 1810 g/mol. The molecule has 16 aromatic rings. The van der Waals surface area contributed by atoms with Crippen LogP contribution in [0, 0.1) is 20.8 Å². The first kappa shape index (κ1) is 104. The van der Waals surface area contributed by atoms with Crippen molar-refractivity contribution in [3.8, 4) is 33.4 Å². The average molecular weight is 1960 g/mol. The lowest BCUT2D eigenvalue weighted by Crippen LogP contribution is -2.17. The summed E-state index contributed by atoms with van der Waals surface area (Å²) in [6.45, 7) is 68.0. The van der Waals surface area contributed by atoms with E-state index in [4.69, 9.17) is 34.8 Å². The Labute approximate surface area is 877 Å². The van der Waals surface area contributed by atoms with Crippen molar-refractivity contribution in [1.29, 1.82) is 0 Å². The largest absolute Gasteiger partial charge is 0.309 e. The fraction of sp³-hybridized carbons (Fsp3) is 0.289. The summed E-state index contributed by atoms with van der Waals surface area (Å²) >= 11 is 25.9. The number of hydrogen-bond acceptors (Lipinski definition) is 6. The Hall–Kier alpha value is -12.8. The van der Waals surface area contributed by atoms with Gasteiger partial charge in [-0.15, -0.1) is 0 Å². The fourth-order valence-electron chi connectivity index (χ4n) is 19.5. The van der Waals surface area contributed by atoms with Crippen molar-refractivity contribution in [2.45, 2.75) is 256 Å². The zero-order chi connectivity index (χ0) is 104. The minimum absolute atomic E-state index is 0.0812. The van der Waals surface area contributed by atoms with Crippen LogP contribution in [-0.4, -0.2) is 0 Å². The third kappa shape index (κ3) is 22.4. The minimum atomic E-state index is -0.155. The van der Waals surface area contributed by atoms with Crippen molar-refractivity contribution in [1.82, 2.24) is 0 Å². The average Bonchev–Trinajstić information content (AvgIpc) is 0.751. The summed E-state index contributed by atoms with van der Waals surface area (Å²) in [7, 11) is 0. The highest BCUT2D eigenvalue weighted by Crippen LogP contribution is 2.57. The van der Waals surface area contributed by atoms with E-state index in [1.165, 1.54) is 50.1 Å². The molecule has 16 rings (SSSR count). The Morgan fingerprint density at radius 1 is 0.146 bits per heavy atom. The molecule has 0 fully saturated rings. The van der Waals surface area contributed by atoms with Gasteiger partial charge in [-0.1, -0.05) is 386 Å². The molecule has 738 valence electrons. The van der Waals surface area contributed by atoms with Crippen LogP contribution in [-0.2, 0) is 48.7 Å². The highest BCUT2D eigenvalue weighted by atomic mass is 35.5. The van der Waals surface area contributed by atoms with Crippen molar-refractivity contribution >= 4 is 137 Å². The smallest absolute Gasteiger partial charge is 0.0887 e. The zero-order valence-electron chi connectivity index (χ0n) is 90.7. The molecule has 0 bridgehead atoms. The topological polar surface area (TPSA) is 19.4 Å². The third-order valence-electron chi connectivity index (χ3n) is 28.2. The van der Waals surface area contributed by atoms with E-state index in [0.29, 0.717) is 15.1 Å². The SMILES string of the molecule is Cc1cc(N(c2ccc(C(C)(C)C)cc2)c2ccc(C(C)(C)C)cc2)c(Cl)c(N(c2ccc(C(C)(C)C)cc2)c2ccccc2-c2cc(-c3ccccc3N(c3ccc(C(C)(C)C)cc3)c3cc(C)cc(N(c4ccc(C(C)(C)C)cc4)c4ccc(C(C)(C)C)cc4)c3Cl)cc(-c3ccccc3N(c3ccc(C(C)(C)C)cc3)c3cc(C)cc(N(c4ccc(C(C)(C)C)cc4)c4ccc(C(C)(C)C)cc4)c3Cl)c2)c1. The molecule has 9 heteroatoms. The molecule has 0 atom stereocenters. The molecule has 0 heterocycles. The first-order valence-corrected chi connectivity index (χ1v) is 52.3. The Morgan fingerprint density at radius 3 is 0.410 bits per heavy atom. The van der Waals surface area contributed by atoms with Gasteiger partial charge in [-0.2, -0.15) is 0 Å². The maximum atomic E-state index is 8.63. The van der Waals surface area contributed by atoms with Crippen molar-refractivity contribution in [2.75, 3.05) is 29.4 Å². The lowest BCUT2D eigenvalue weighted by molar-refractivity contribution is 0.590. The summed E-state index contributed by atoms with van der Waals surface area (Å²) in [6.07, 6.45) is 0. The first-order valence-electron chi connectivity index (χ1n) is 51.2. The maximum absolute atomic E-state index is 8.63. The van der Waals surface area contributed by atoms with Crippen molar-refractivity contribution in [3.63, 3.8) is 0 Å². The van der Waals surface area contributed by atoms with Crippen LogP contribution in [0.5, 0.6) is 0 Å². The molecule has 0 N–H and O–H groups in total. The highest BCUT2D eigenvalue weighted by Gasteiger charge is 2.35. The first-order chi connectivity index (χ1) is 67.6. The Bertz CT molecular complexity index is 6410. The molecule has 144 heavy (non-hydrogen) atoms. The molecule has 0 saturated carbocycles. The van der Waals surface area contributed by atoms with Gasteiger partial charge in [-0.3, -0.25) is 0 Å². The van der Waals surface area contributed by atoms with Gasteiger partial charge in [-0.25, -0.2) is 0 Å². The van der Waals surface area contributed by atoms with Gasteiger partial charge in [0, 0.05) is 67.9 Å². The van der Waals surface area contributed by atoms with Crippen molar-refractivity contribution in [2.24, 2.45) is 0 Å². The molecule has 16 aromatic carbocycles. The number of nitrogens with zero attached hydrogens (tertiary/aromatic N) is 6. The molecule has 0 aliphatic rings. The monoisotopic (exact) mass is 1960 g/mol. The van der Waals surface area contributed by atoms with Crippen LogP contribution in [0.25, 0.3) is 33.4 Å². The molecule has 0 unspecified atom stereocenters. The van der Waals surface area contributed by atoms with E-state index in [1.807, 2.05) is 0 Å². The van der Waals surface area contributed by atoms with E-state index in [0.717, 1.165) is 152 Å². The van der Waals surface area contributed by atoms with Gasteiger partial charge < -0.3 is 29.4 Å². The van der Waals surface area contributed by atoms with Gasteiger partial charge in [0.15, 0.2) is 0 Å². The number of halogens is 3. The van der Waals surface area contributed by atoms with Gasteiger partial charge in [0.05, 0.1) is 66.3 Å². The number of aryl methyl sites for hydroxylation is 3. The Morgan fingerprint density at radius 2 is 0.271 bits per heavy atom. The summed E-state index contributed by atoms with van der Waals surface area (Å²) in [5.74, 6) is 0. The second-order valence-electron chi connectivity index (χ2n) is 48.9. The van der Waals surface area contributed by atoms with Crippen LogP contribution >= 0.6 is 34.8 Å². The predicted octanol–water partition coefficient (Wildman–Crippen LogP) is 42.1. The maximum Gasteiger partial charge on any atom is 0.0887 e.